The summed E-state index contributed by atoms with van der Waals surface area (Å²) in [6, 6.07) is 3.60. The highest BCUT2D eigenvalue weighted by Crippen LogP contribution is 2.28. The average Bonchev–Trinajstić information content (AvgIpc) is 2.36. The van der Waals surface area contributed by atoms with Crippen molar-refractivity contribution in [2.75, 3.05) is 31.2 Å². The van der Waals surface area contributed by atoms with Crippen molar-refractivity contribution in [1.82, 2.24) is 9.29 Å². The van der Waals surface area contributed by atoms with E-state index >= 15 is 0 Å². The van der Waals surface area contributed by atoms with E-state index in [2.05, 4.69) is 10.3 Å². The number of nitrogens with zero attached hydrogens (tertiary/aromatic N) is 2. The highest BCUT2D eigenvalue weighted by atomic mass is 32.2. The van der Waals surface area contributed by atoms with Crippen LogP contribution >= 0.6 is 0 Å². The standard InChI is InChI=1S/C12H18F3N3O2S/c1-3-18(21(2,19)20)9-5-8-16-11-7-4-6-10(17-11)12(13,14)15/h4,6-7H,3,5,8-9H2,1-2H3,(H,16,17). The number of anilines is 1. The van der Waals surface area contributed by atoms with Crippen molar-refractivity contribution in [1.29, 1.82) is 0 Å². The molecule has 0 aliphatic carbocycles. The van der Waals surface area contributed by atoms with Crippen LogP contribution in [0.3, 0.4) is 0 Å². The number of hydrogen-bond acceptors (Lipinski definition) is 4. The zero-order valence-electron chi connectivity index (χ0n) is 11.8. The molecule has 0 spiro atoms. The minimum atomic E-state index is -4.48. The molecule has 0 aliphatic heterocycles. The van der Waals surface area contributed by atoms with Crippen molar-refractivity contribution < 1.29 is 21.6 Å². The molecule has 0 amide bonds. The van der Waals surface area contributed by atoms with E-state index in [0.29, 0.717) is 26.1 Å². The molecule has 1 rings (SSSR count). The lowest BCUT2D eigenvalue weighted by Gasteiger charge is -2.17. The molecule has 0 aromatic carbocycles. The molecule has 0 radical (unpaired) electrons. The van der Waals surface area contributed by atoms with Crippen LogP contribution in [0.25, 0.3) is 0 Å². The van der Waals surface area contributed by atoms with Gasteiger partial charge in [-0.15, -0.1) is 0 Å². The molecule has 120 valence electrons. The van der Waals surface area contributed by atoms with Crippen LogP contribution in [0.4, 0.5) is 19.0 Å². The van der Waals surface area contributed by atoms with Gasteiger partial charge in [0.05, 0.1) is 6.26 Å². The minimum absolute atomic E-state index is 0.118. The summed E-state index contributed by atoms with van der Waals surface area (Å²) in [7, 11) is -3.24. The SMILES string of the molecule is CCN(CCCNc1cccc(C(F)(F)F)n1)S(C)(=O)=O. The summed E-state index contributed by atoms with van der Waals surface area (Å²) in [4.78, 5) is 3.46. The van der Waals surface area contributed by atoms with E-state index in [1.807, 2.05) is 0 Å². The normalized spacial score (nSPS) is 12.7. The first-order chi connectivity index (χ1) is 9.64. The molecule has 1 aromatic rings. The molecular formula is C12H18F3N3O2S. The predicted molar refractivity (Wildman–Crippen MR) is 74.4 cm³/mol. The molecule has 9 heteroatoms. The molecule has 0 aliphatic rings. The van der Waals surface area contributed by atoms with Gasteiger partial charge in [-0.1, -0.05) is 13.0 Å². The predicted octanol–water partition coefficient (Wildman–Crippen LogP) is 2.18. The monoisotopic (exact) mass is 325 g/mol. The molecule has 5 nitrogen and oxygen atoms in total. The van der Waals surface area contributed by atoms with E-state index in [9.17, 15) is 21.6 Å². The van der Waals surface area contributed by atoms with Gasteiger partial charge in [0.2, 0.25) is 10.0 Å². The van der Waals surface area contributed by atoms with Gasteiger partial charge in [-0.3, -0.25) is 0 Å². The lowest BCUT2D eigenvalue weighted by molar-refractivity contribution is -0.141. The number of alkyl halides is 3. The third-order valence-corrected chi connectivity index (χ3v) is 4.13. The summed E-state index contributed by atoms with van der Waals surface area (Å²) >= 11 is 0. The Morgan fingerprint density at radius 3 is 2.52 bits per heavy atom. The van der Waals surface area contributed by atoms with Crippen molar-refractivity contribution in [2.24, 2.45) is 0 Å². The van der Waals surface area contributed by atoms with Gasteiger partial charge >= 0.3 is 6.18 Å². The second-order valence-corrected chi connectivity index (χ2v) is 6.42. The maximum Gasteiger partial charge on any atom is 0.433 e. The highest BCUT2D eigenvalue weighted by molar-refractivity contribution is 7.88. The molecule has 0 saturated heterocycles. The van der Waals surface area contributed by atoms with Crippen LogP contribution in [0.1, 0.15) is 19.0 Å². The van der Waals surface area contributed by atoms with Crippen LogP contribution in [-0.2, 0) is 16.2 Å². The number of rotatable bonds is 7. The summed E-state index contributed by atoms with van der Waals surface area (Å²) in [6.45, 7) is 2.73. The van der Waals surface area contributed by atoms with Gasteiger partial charge in [0.25, 0.3) is 0 Å². The van der Waals surface area contributed by atoms with Crippen LogP contribution in [-0.4, -0.2) is 43.6 Å². The van der Waals surface area contributed by atoms with Crippen LogP contribution < -0.4 is 5.32 Å². The maximum absolute atomic E-state index is 12.5. The van der Waals surface area contributed by atoms with Crippen molar-refractivity contribution in [3.8, 4) is 0 Å². The van der Waals surface area contributed by atoms with E-state index < -0.39 is 21.9 Å². The largest absolute Gasteiger partial charge is 0.433 e. The van der Waals surface area contributed by atoms with E-state index in [-0.39, 0.29) is 5.82 Å². The van der Waals surface area contributed by atoms with Crippen LogP contribution in [0.2, 0.25) is 0 Å². The molecule has 1 aromatic heterocycles. The first-order valence-electron chi connectivity index (χ1n) is 6.38. The van der Waals surface area contributed by atoms with Crippen molar-refractivity contribution in [3.05, 3.63) is 23.9 Å². The Bertz CT molecular complexity index is 561. The Kier molecular flexibility index (Phi) is 5.97. The van der Waals surface area contributed by atoms with Crippen molar-refractivity contribution in [3.63, 3.8) is 0 Å². The van der Waals surface area contributed by atoms with Gasteiger partial charge in [0.15, 0.2) is 0 Å². The topological polar surface area (TPSA) is 62.3 Å². The third kappa shape index (κ3) is 5.88. The Hall–Kier alpha value is -1.35. The molecule has 0 unspecified atom stereocenters. The van der Waals surface area contributed by atoms with Crippen LogP contribution in [0, 0.1) is 0 Å². The van der Waals surface area contributed by atoms with Crippen LogP contribution in [0.5, 0.6) is 0 Å². The smallest absolute Gasteiger partial charge is 0.370 e. The Morgan fingerprint density at radius 1 is 1.33 bits per heavy atom. The zero-order valence-corrected chi connectivity index (χ0v) is 12.6. The fourth-order valence-corrected chi connectivity index (χ4v) is 2.65. The summed E-state index contributed by atoms with van der Waals surface area (Å²) < 4.78 is 61.4. The quantitative estimate of drug-likeness (QED) is 0.781. The Balaban J connectivity index is 2.50. The van der Waals surface area contributed by atoms with E-state index in [0.717, 1.165) is 12.3 Å². The Morgan fingerprint density at radius 2 is 2.00 bits per heavy atom. The molecule has 0 fully saturated rings. The number of pyridine rings is 1. The zero-order chi connectivity index (χ0) is 16.1. The second-order valence-electron chi connectivity index (χ2n) is 4.44. The lowest BCUT2D eigenvalue weighted by atomic mass is 10.3. The number of halogens is 3. The fourth-order valence-electron chi connectivity index (χ4n) is 1.72. The average molecular weight is 325 g/mol. The molecule has 0 saturated carbocycles. The number of aromatic nitrogens is 1. The minimum Gasteiger partial charge on any atom is -0.370 e. The molecular weight excluding hydrogens is 307 g/mol. The third-order valence-electron chi connectivity index (χ3n) is 2.75. The molecule has 1 heterocycles. The molecule has 0 atom stereocenters. The second kappa shape index (κ2) is 7.08. The summed E-state index contributed by atoms with van der Waals surface area (Å²) in [5, 5.41) is 2.76. The number of nitrogens with one attached hydrogen (secondary N) is 1. The number of hydrogen-bond donors (Lipinski definition) is 1. The fraction of sp³-hybridized carbons (Fsp3) is 0.583. The number of sulfonamides is 1. The van der Waals surface area contributed by atoms with Gasteiger partial charge < -0.3 is 5.32 Å². The maximum atomic E-state index is 12.5. The van der Waals surface area contributed by atoms with E-state index in [1.165, 1.54) is 16.4 Å². The van der Waals surface area contributed by atoms with Crippen LogP contribution in [0.15, 0.2) is 18.2 Å². The van der Waals surface area contributed by atoms with E-state index in [1.54, 1.807) is 6.92 Å². The molecule has 1 N–H and O–H groups in total. The summed E-state index contributed by atoms with van der Waals surface area (Å²) in [5.41, 5.74) is -0.959. The van der Waals surface area contributed by atoms with Crippen molar-refractivity contribution in [2.45, 2.75) is 19.5 Å². The van der Waals surface area contributed by atoms with E-state index in [4.69, 9.17) is 0 Å². The van der Waals surface area contributed by atoms with Crippen molar-refractivity contribution >= 4 is 15.8 Å². The Labute approximate surface area is 122 Å². The molecule has 0 bridgehead atoms. The van der Waals surface area contributed by atoms with Gasteiger partial charge in [-0.2, -0.15) is 13.2 Å². The lowest BCUT2D eigenvalue weighted by Crippen LogP contribution is -2.31. The van der Waals surface area contributed by atoms with Gasteiger partial charge in [-0.25, -0.2) is 17.7 Å². The van der Waals surface area contributed by atoms with Gasteiger partial charge in [0.1, 0.15) is 11.5 Å². The first-order valence-corrected chi connectivity index (χ1v) is 8.22. The van der Waals surface area contributed by atoms with Gasteiger partial charge in [-0.05, 0) is 18.6 Å². The van der Waals surface area contributed by atoms with Gasteiger partial charge in [0, 0.05) is 19.6 Å². The molecule has 21 heavy (non-hydrogen) atoms. The summed E-state index contributed by atoms with van der Waals surface area (Å²) in [6.07, 6.45) is -2.88. The first kappa shape index (κ1) is 17.7. The summed E-state index contributed by atoms with van der Waals surface area (Å²) in [5.74, 6) is 0.118. The highest BCUT2D eigenvalue weighted by Gasteiger charge is 2.32.